The molecule has 2 rings (SSSR count). The van der Waals surface area contributed by atoms with Gasteiger partial charge in [0.1, 0.15) is 5.75 Å². The Balaban J connectivity index is 0.00000242. The lowest BCUT2D eigenvalue weighted by Crippen LogP contribution is -2.16. The van der Waals surface area contributed by atoms with Gasteiger partial charge in [-0.1, -0.05) is 24.3 Å². The van der Waals surface area contributed by atoms with Gasteiger partial charge in [-0.3, -0.25) is 10.1 Å². The topological polar surface area (TPSA) is 64.4 Å². The van der Waals surface area contributed by atoms with Gasteiger partial charge in [0.25, 0.3) is 5.69 Å². The Labute approximate surface area is 135 Å². The first kappa shape index (κ1) is 17.9. The molecule has 0 amide bonds. The highest BCUT2D eigenvalue weighted by Crippen LogP contribution is 2.12. The van der Waals surface area contributed by atoms with Crippen LogP contribution in [-0.2, 0) is 13.0 Å². The standard InChI is InChI=1S/C16H18N2O3.ClH/c1-21-16-8-4-13(5-9-16)10-11-17-12-14-2-6-15(7-3-14)18(19)20;/h2-9,17H,10-12H2,1H3;1H. The van der Waals surface area contributed by atoms with E-state index in [1.165, 1.54) is 17.7 Å². The minimum absolute atomic E-state index is 0. The van der Waals surface area contributed by atoms with Crippen molar-refractivity contribution >= 4 is 18.1 Å². The molecule has 1 N–H and O–H groups in total. The van der Waals surface area contributed by atoms with E-state index in [0.29, 0.717) is 6.54 Å². The van der Waals surface area contributed by atoms with Gasteiger partial charge in [-0.05, 0) is 36.2 Å². The number of hydrogen-bond acceptors (Lipinski definition) is 4. The quantitative estimate of drug-likeness (QED) is 0.482. The van der Waals surface area contributed by atoms with E-state index >= 15 is 0 Å². The SMILES string of the molecule is COc1ccc(CCNCc2ccc([N+](=O)[O-])cc2)cc1.Cl. The predicted molar refractivity (Wildman–Crippen MR) is 88.7 cm³/mol. The molecule has 0 heterocycles. The van der Waals surface area contributed by atoms with Gasteiger partial charge in [0.05, 0.1) is 12.0 Å². The Kier molecular flexibility index (Phi) is 7.36. The number of ether oxygens (including phenoxy) is 1. The van der Waals surface area contributed by atoms with Crippen molar-refractivity contribution in [2.45, 2.75) is 13.0 Å². The molecule has 2 aromatic rings. The minimum Gasteiger partial charge on any atom is -0.497 e. The summed E-state index contributed by atoms with van der Waals surface area (Å²) >= 11 is 0. The molecular formula is C16H19ClN2O3. The maximum atomic E-state index is 10.6. The zero-order valence-electron chi connectivity index (χ0n) is 12.3. The minimum atomic E-state index is -0.388. The number of hydrogen-bond donors (Lipinski definition) is 1. The second kappa shape index (κ2) is 9.02. The average Bonchev–Trinajstić information content (AvgIpc) is 2.52. The van der Waals surface area contributed by atoms with Crippen molar-refractivity contribution in [3.63, 3.8) is 0 Å². The summed E-state index contributed by atoms with van der Waals surface area (Å²) in [5, 5.41) is 13.9. The molecule has 0 bridgehead atoms. The van der Waals surface area contributed by atoms with Crippen molar-refractivity contribution in [2.24, 2.45) is 0 Å². The van der Waals surface area contributed by atoms with Gasteiger partial charge in [-0.15, -0.1) is 12.4 Å². The first-order valence-corrected chi connectivity index (χ1v) is 6.76. The van der Waals surface area contributed by atoms with Crippen LogP contribution in [0.5, 0.6) is 5.75 Å². The van der Waals surface area contributed by atoms with Gasteiger partial charge in [0.15, 0.2) is 0 Å². The molecule has 0 atom stereocenters. The second-order valence-corrected chi connectivity index (χ2v) is 4.70. The Morgan fingerprint density at radius 1 is 1.05 bits per heavy atom. The van der Waals surface area contributed by atoms with Crippen LogP contribution in [-0.4, -0.2) is 18.6 Å². The van der Waals surface area contributed by atoms with E-state index in [-0.39, 0.29) is 23.0 Å². The third-order valence-electron chi connectivity index (χ3n) is 3.23. The van der Waals surface area contributed by atoms with E-state index in [0.717, 1.165) is 24.3 Å². The summed E-state index contributed by atoms with van der Waals surface area (Å²) in [7, 11) is 1.65. The maximum absolute atomic E-state index is 10.6. The lowest BCUT2D eigenvalue weighted by Gasteiger charge is -2.06. The van der Waals surface area contributed by atoms with Gasteiger partial charge in [0, 0.05) is 18.7 Å². The van der Waals surface area contributed by atoms with E-state index in [1.54, 1.807) is 19.2 Å². The van der Waals surface area contributed by atoms with Crippen molar-refractivity contribution in [1.82, 2.24) is 5.32 Å². The van der Waals surface area contributed by atoms with E-state index in [9.17, 15) is 10.1 Å². The van der Waals surface area contributed by atoms with Crippen molar-refractivity contribution < 1.29 is 9.66 Å². The highest BCUT2D eigenvalue weighted by Gasteiger charge is 2.03. The number of methoxy groups -OCH3 is 1. The second-order valence-electron chi connectivity index (χ2n) is 4.70. The monoisotopic (exact) mass is 322 g/mol. The Bertz CT molecular complexity index is 585. The molecule has 0 radical (unpaired) electrons. The fourth-order valence-electron chi connectivity index (χ4n) is 1.99. The molecule has 0 aliphatic heterocycles. The van der Waals surface area contributed by atoms with Crippen molar-refractivity contribution in [2.75, 3.05) is 13.7 Å². The molecule has 6 heteroatoms. The first-order chi connectivity index (χ1) is 10.2. The molecule has 5 nitrogen and oxygen atoms in total. The maximum Gasteiger partial charge on any atom is 0.269 e. The van der Waals surface area contributed by atoms with Crippen molar-refractivity contribution in [3.8, 4) is 5.75 Å². The summed E-state index contributed by atoms with van der Waals surface area (Å²) in [6, 6.07) is 14.6. The highest BCUT2D eigenvalue weighted by atomic mass is 35.5. The average molecular weight is 323 g/mol. The van der Waals surface area contributed by atoms with Crippen LogP contribution in [0.4, 0.5) is 5.69 Å². The molecule has 0 saturated heterocycles. The summed E-state index contributed by atoms with van der Waals surface area (Å²) < 4.78 is 5.12. The summed E-state index contributed by atoms with van der Waals surface area (Å²) in [5.74, 6) is 0.859. The smallest absolute Gasteiger partial charge is 0.269 e. The Hall–Kier alpha value is -2.11. The molecule has 2 aromatic carbocycles. The highest BCUT2D eigenvalue weighted by molar-refractivity contribution is 5.85. The summed E-state index contributed by atoms with van der Waals surface area (Å²) in [4.78, 5) is 10.2. The molecule has 118 valence electrons. The summed E-state index contributed by atoms with van der Waals surface area (Å²) in [6.45, 7) is 1.55. The van der Waals surface area contributed by atoms with E-state index in [4.69, 9.17) is 4.74 Å². The third kappa shape index (κ3) is 5.35. The fourth-order valence-corrected chi connectivity index (χ4v) is 1.99. The number of nitrogens with one attached hydrogen (secondary N) is 1. The molecule has 22 heavy (non-hydrogen) atoms. The van der Waals surface area contributed by atoms with Crippen LogP contribution in [0.1, 0.15) is 11.1 Å². The Morgan fingerprint density at radius 2 is 1.64 bits per heavy atom. The lowest BCUT2D eigenvalue weighted by atomic mass is 10.1. The lowest BCUT2D eigenvalue weighted by molar-refractivity contribution is -0.384. The largest absolute Gasteiger partial charge is 0.497 e. The number of benzene rings is 2. The molecule has 0 aromatic heterocycles. The molecule has 0 spiro atoms. The Morgan fingerprint density at radius 3 is 2.18 bits per heavy atom. The van der Waals surface area contributed by atoms with E-state index in [2.05, 4.69) is 5.32 Å². The van der Waals surface area contributed by atoms with Gasteiger partial charge in [0.2, 0.25) is 0 Å². The zero-order valence-corrected chi connectivity index (χ0v) is 13.1. The third-order valence-corrected chi connectivity index (χ3v) is 3.23. The fraction of sp³-hybridized carbons (Fsp3) is 0.250. The number of non-ortho nitro benzene ring substituents is 1. The van der Waals surface area contributed by atoms with Gasteiger partial charge < -0.3 is 10.1 Å². The van der Waals surface area contributed by atoms with Gasteiger partial charge >= 0.3 is 0 Å². The molecule has 0 saturated carbocycles. The number of rotatable bonds is 7. The van der Waals surface area contributed by atoms with Gasteiger partial charge in [-0.2, -0.15) is 0 Å². The van der Waals surface area contributed by atoms with Crippen LogP contribution in [0.3, 0.4) is 0 Å². The van der Waals surface area contributed by atoms with Crippen LogP contribution in [0.15, 0.2) is 48.5 Å². The summed E-state index contributed by atoms with van der Waals surface area (Å²) in [6.07, 6.45) is 0.928. The van der Waals surface area contributed by atoms with Crippen LogP contribution in [0.25, 0.3) is 0 Å². The van der Waals surface area contributed by atoms with Crippen LogP contribution in [0, 0.1) is 10.1 Å². The zero-order chi connectivity index (χ0) is 15.1. The number of nitro benzene ring substituents is 1. The van der Waals surface area contributed by atoms with Crippen molar-refractivity contribution in [3.05, 3.63) is 69.8 Å². The van der Waals surface area contributed by atoms with Gasteiger partial charge in [-0.25, -0.2) is 0 Å². The molecule has 0 unspecified atom stereocenters. The molecule has 0 aliphatic rings. The van der Waals surface area contributed by atoms with E-state index < -0.39 is 0 Å². The summed E-state index contributed by atoms with van der Waals surface area (Å²) in [5.41, 5.74) is 2.40. The normalized spacial score (nSPS) is 9.86. The van der Waals surface area contributed by atoms with Crippen LogP contribution in [0.2, 0.25) is 0 Å². The number of nitro groups is 1. The number of nitrogens with zero attached hydrogens (tertiary/aromatic N) is 1. The van der Waals surface area contributed by atoms with Crippen LogP contribution < -0.4 is 10.1 Å². The van der Waals surface area contributed by atoms with Crippen LogP contribution >= 0.6 is 12.4 Å². The predicted octanol–water partition coefficient (Wildman–Crippen LogP) is 3.36. The van der Waals surface area contributed by atoms with Crippen molar-refractivity contribution in [1.29, 1.82) is 0 Å². The molecular weight excluding hydrogens is 304 g/mol. The van der Waals surface area contributed by atoms with E-state index in [1.807, 2.05) is 24.3 Å². The molecule has 0 aliphatic carbocycles. The first-order valence-electron chi connectivity index (χ1n) is 6.76. The number of halogens is 1. The molecule has 0 fully saturated rings.